The highest BCUT2D eigenvalue weighted by Gasteiger charge is 2.33. The van der Waals surface area contributed by atoms with Crippen molar-refractivity contribution in [2.75, 3.05) is 13.1 Å². The van der Waals surface area contributed by atoms with E-state index in [0.717, 1.165) is 23.4 Å². The minimum atomic E-state index is -4.59. The van der Waals surface area contributed by atoms with Crippen LogP contribution in [-0.4, -0.2) is 38.1 Å². The SMILES string of the molecule is CC(C)(C)Oc1ccc(CN2CC[C@@H](NS(=O)(=O)c3cccc(C(F)(F)F)c3)C2)cc1. The fourth-order valence-corrected chi connectivity index (χ4v) is 4.78. The van der Waals surface area contributed by atoms with Crippen LogP contribution in [0.5, 0.6) is 5.75 Å². The summed E-state index contributed by atoms with van der Waals surface area (Å²) in [5.74, 6) is 0.782. The number of nitrogens with zero attached hydrogens (tertiary/aromatic N) is 1. The lowest BCUT2D eigenvalue weighted by Crippen LogP contribution is -2.37. The molecule has 0 saturated carbocycles. The van der Waals surface area contributed by atoms with Crippen LogP contribution in [0.15, 0.2) is 53.4 Å². The molecule has 1 heterocycles. The molecule has 3 rings (SSSR count). The highest BCUT2D eigenvalue weighted by molar-refractivity contribution is 7.89. The van der Waals surface area contributed by atoms with Gasteiger partial charge in [-0.2, -0.15) is 13.2 Å². The molecule has 1 N–H and O–H groups in total. The topological polar surface area (TPSA) is 58.6 Å². The van der Waals surface area contributed by atoms with Crippen molar-refractivity contribution in [2.24, 2.45) is 0 Å². The molecule has 0 aliphatic carbocycles. The number of halogens is 3. The maximum Gasteiger partial charge on any atom is 0.416 e. The minimum Gasteiger partial charge on any atom is -0.488 e. The van der Waals surface area contributed by atoms with Crippen molar-refractivity contribution in [1.82, 2.24) is 9.62 Å². The predicted molar refractivity (Wildman–Crippen MR) is 112 cm³/mol. The fourth-order valence-electron chi connectivity index (χ4n) is 3.47. The first-order valence-electron chi connectivity index (χ1n) is 10.0. The summed E-state index contributed by atoms with van der Waals surface area (Å²) in [7, 11) is -4.04. The molecule has 0 amide bonds. The zero-order valence-electron chi connectivity index (χ0n) is 17.7. The van der Waals surface area contributed by atoms with Gasteiger partial charge in [-0.3, -0.25) is 4.90 Å². The molecule has 1 fully saturated rings. The highest BCUT2D eigenvalue weighted by atomic mass is 32.2. The zero-order chi connectivity index (χ0) is 22.9. The Morgan fingerprint density at radius 2 is 1.77 bits per heavy atom. The first-order chi connectivity index (χ1) is 14.3. The Balaban J connectivity index is 1.59. The van der Waals surface area contributed by atoms with Crippen LogP contribution >= 0.6 is 0 Å². The summed E-state index contributed by atoms with van der Waals surface area (Å²) in [6.45, 7) is 7.76. The summed E-state index contributed by atoms with van der Waals surface area (Å²) in [4.78, 5) is 1.73. The number of ether oxygens (including phenoxy) is 1. The predicted octanol–water partition coefficient (Wildman–Crippen LogP) is 4.44. The summed E-state index contributed by atoms with van der Waals surface area (Å²) in [5, 5.41) is 0. The lowest BCUT2D eigenvalue weighted by molar-refractivity contribution is -0.137. The van der Waals surface area contributed by atoms with E-state index in [9.17, 15) is 21.6 Å². The molecule has 1 atom stereocenters. The van der Waals surface area contributed by atoms with Gasteiger partial charge in [0.05, 0.1) is 10.5 Å². The molecule has 1 saturated heterocycles. The average molecular weight is 457 g/mol. The second-order valence-electron chi connectivity index (χ2n) is 8.73. The second kappa shape index (κ2) is 8.80. The van der Waals surface area contributed by atoms with Gasteiger partial charge in [0.2, 0.25) is 10.0 Å². The largest absolute Gasteiger partial charge is 0.488 e. The molecule has 170 valence electrons. The lowest BCUT2D eigenvalue weighted by atomic mass is 10.1. The van der Waals surface area contributed by atoms with Gasteiger partial charge in [0.1, 0.15) is 11.4 Å². The smallest absolute Gasteiger partial charge is 0.416 e. The summed E-state index contributed by atoms with van der Waals surface area (Å²) in [6, 6.07) is 11.2. The number of nitrogens with one attached hydrogen (secondary N) is 1. The van der Waals surface area contributed by atoms with Gasteiger partial charge < -0.3 is 4.74 Å². The molecule has 31 heavy (non-hydrogen) atoms. The number of sulfonamides is 1. The average Bonchev–Trinajstić information content (AvgIpc) is 3.08. The van der Waals surface area contributed by atoms with E-state index in [2.05, 4.69) is 9.62 Å². The van der Waals surface area contributed by atoms with Crippen molar-refractivity contribution in [3.8, 4) is 5.75 Å². The third-order valence-corrected chi connectivity index (χ3v) is 6.34. The normalized spacial score (nSPS) is 18.3. The molecule has 1 aliphatic rings. The number of alkyl halides is 3. The molecule has 2 aromatic carbocycles. The first kappa shape index (κ1) is 23.6. The van der Waals surface area contributed by atoms with Gasteiger partial charge >= 0.3 is 6.18 Å². The molecule has 0 unspecified atom stereocenters. The van der Waals surface area contributed by atoms with E-state index in [0.29, 0.717) is 32.1 Å². The van der Waals surface area contributed by atoms with Gasteiger partial charge in [-0.05, 0) is 63.1 Å². The summed E-state index contributed by atoms with van der Waals surface area (Å²) < 4.78 is 72.2. The van der Waals surface area contributed by atoms with E-state index in [1.165, 1.54) is 6.07 Å². The summed E-state index contributed by atoms with van der Waals surface area (Å²) in [5.41, 5.74) is -0.189. The van der Waals surface area contributed by atoms with E-state index in [-0.39, 0.29) is 16.5 Å². The van der Waals surface area contributed by atoms with E-state index in [1.807, 2.05) is 45.0 Å². The van der Waals surface area contributed by atoms with E-state index in [1.54, 1.807) is 0 Å². The monoisotopic (exact) mass is 456 g/mol. The Kier molecular flexibility index (Phi) is 6.69. The van der Waals surface area contributed by atoms with E-state index in [4.69, 9.17) is 4.74 Å². The number of likely N-dealkylation sites (tertiary alicyclic amines) is 1. The molecule has 0 radical (unpaired) electrons. The maximum absolute atomic E-state index is 12.9. The van der Waals surface area contributed by atoms with Crippen molar-refractivity contribution >= 4 is 10.0 Å². The van der Waals surface area contributed by atoms with Gasteiger partial charge in [0.15, 0.2) is 0 Å². The highest BCUT2D eigenvalue weighted by Crippen LogP contribution is 2.30. The van der Waals surface area contributed by atoms with Crippen molar-refractivity contribution in [3.63, 3.8) is 0 Å². The van der Waals surface area contributed by atoms with Crippen LogP contribution in [0.4, 0.5) is 13.2 Å². The van der Waals surface area contributed by atoms with Crippen LogP contribution in [0.2, 0.25) is 0 Å². The summed E-state index contributed by atoms with van der Waals surface area (Å²) in [6.07, 6.45) is -4.01. The van der Waals surface area contributed by atoms with E-state index < -0.39 is 21.8 Å². The van der Waals surface area contributed by atoms with Gasteiger partial charge in [0, 0.05) is 25.7 Å². The fraction of sp³-hybridized carbons (Fsp3) is 0.455. The first-order valence-corrected chi connectivity index (χ1v) is 11.5. The van der Waals surface area contributed by atoms with Gasteiger partial charge in [-0.15, -0.1) is 0 Å². The maximum atomic E-state index is 12.9. The van der Waals surface area contributed by atoms with Crippen molar-refractivity contribution in [2.45, 2.75) is 56.5 Å². The van der Waals surface area contributed by atoms with E-state index >= 15 is 0 Å². The second-order valence-corrected chi connectivity index (χ2v) is 10.4. The molecular weight excluding hydrogens is 429 g/mol. The summed E-state index contributed by atoms with van der Waals surface area (Å²) >= 11 is 0. The number of hydrogen-bond donors (Lipinski definition) is 1. The lowest BCUT2D eigenvalue weighted by Gasteiger charge is -2.22. The third kappa shape index (κ3) is 6.69. The Morgan fingerprint density at radius 3 is 2.39 bits per heavy atom. The Hall–Kier alpha value is -2.10. The molecule has 0 aromatic heterocycles. The van der Waals surface area contributed by atoms with Crippen molar-refractivity contribution in [1.29, 1.82) is 0 Å². The van der Waals surface area contributed by atoms with Crippen LogP contribution in [-0.2, 0) is 22.7 Å². The molecule has 0 spiro atoms. The Labute approximate surface area is 181 Å². The van der Waals surface area contributed by atoms with Crippen molar-refractivity contribution in [3.05, 3.63) is 59.7 Å². The molecule has 9 heteroatoms. The molecule has 1 aliphatic heterocycles. The van der Waals surface area contributed by atoms with Crippen molar-refractivity contribution < 1.29 is 26.3 Å². The number of rotatable bonds is 6. The number of hydrogen-bond acceptors (Lipinski definition) is 4. The Bertz CT molecular complexity index is 1000. The third-order valence-electron chi connectivity index (χ3n) is 4.82. The van der Waals surface area contributed by atoms with Crippen LogP contribution in [0.3, 0.4) is 0 Å². The van der Waals surface area contributed by atoms with Gasteiger partial charge in [-0.1, -0.05) is 18.2 Å². The molecule has 2 aromatic rings. The zero-order valence-corrected chi connectivity index (χ0v) is 18.6. The standard InChI is InChI=1S/C22H27F3N2O3S/c1-21(2,3)30-19-9-7-16(8-10-19)14-27-12-11-18(15-27)26-31(28,29)20-6-4-5-17(13-20)22(23,24)25/h4-10,13,18,26H,11-12,14-15H2,1-3H3/t18-/m1/s1. The van der Waals surface area contributed by atoms with Gasteiger partial charge in [-0.25, -0.2) is 13.1 Å². The molecule has 5 nitrogen and oxygen atoms in total. The van der Waals surface area contributed by atoms with Crippen LogP contribution in [0, 0.1) is 0 Å². The number of benzene rings is 2. The van der Waals surface area contributed by atoms with Crippen LogP contribution < -0.4 is 9.46 Å². The quantitative estimate of drug-likeness (QED) is 0.699. The van der Waals surface area contributed by atoms with Gasteiger partial charge in [0.25, 0.3) is 0 Å². The van der Waals surface area contributed by atoms with Crippen LogP contribution in [0.25, 0.3) is 0 Å². The molecular formula is C22H27F3N2O3S. The Morgan fingerprint density at radius 1 is 1.10 bits per heavy atom. The minimum absolute atomic E-state index is 0.277. The van der Waals surface area contributed by atoms with Crippen LogP contribution in [0.1, 0.15) is 38.3 Å². The molecule has 0 bridgehead atoms.